The maximum Gasteiger partial charge on any atom is 0.411 e. The number of amides is 1. The van der Waals surface area contributed by atoms with Crippen LogP contribution in [0.2, 0.25) is 0 Å². The van der Waals surface area contributed by atoms with E-state index in [1.807, 2.05) is 43.9 Å². The van der Waals surface area contributed by atoms with Gasteiger partial charge in [-0.05, 0) is 80.0 Å². The van der Waals surface area contributed by atoms with Crippen LogP contribution >= 0.6 is 0 Å². The lowest BCUT2D eigenvalue weighted by Crippen LogP contribution is -2.44. The van der Waals surface area contributed by atoms with Crippen LogP contribution in [-0.4, -0.2) is 43.3 Å². The standard InChI is InChI=1S/C29H33N5O2/c1-19(25-11-7-9-21-8-5-6-10-26(21)25)34(28(35)36-29(2,3)4)24-17-16-23(18-24)20-12-14-22(15-13-20)27-30-32-33-31-27/h5-15,19,23-24H,16-18H2,1-4H3,(H,30,31,32,33)/t19-,23+,24?/m1/s1. The second-order valence-electron chi connectivity index (χ2n) is 10.7. The number of fused-ring (bicyclic) bond motifs is 1. The van der Waals surface area contributed by atoms with Crippen molar-refractivity contribution >= 4 is 16.9 Å². The van der Waals surface area contributed by atoms with E-state index in [9.17, 15) is 4.79 Å². The number of rotatable bonds is 5. The second kappa shape index (κ2) is 9.72. The van der Waals surface area contributed by atoms with Crippen molar-refractivity contribution in [1.82, 2.24) is 25.5 Å². The molecule has 7 heteroatoms. The van der Waals surface area contributed by atoms with Crippen LogP contribution in [0.4, 0.5) is 4.79 Å². The molecule has 1 N–H and O–H groups in total. The van der Waals surface area contributed by atoms with E-state index in [0.29, 0.717) is 11.7 Å². The van der Waals surface area contributed by atoms with Gasteiger partial charge in [0.2, 0.25) is 5.82 Å². The van der Waals surface area contributed by atoms with E-state index in [-0.39, 0.29) is 18.2 Å². The van der Waals surface area contributed by atoms with Gasteiger partial charge in [-0.2, -0.15) is 5.21 Å². The van der Waals surface area contributed by atoms with Gasteiger partial charge in [0.15, 0.2) is 0 Å². The van der Waals surface area contributed by atoms with Crippen molar-refractivity contribution < 1.29 is 9.53 Å². The average molecular weight is 484 g/mol. The summed E-state index contributed by atoms with van der Waals surface area (Å²) in [6, 6.07) is 23.0. The molecule has 0 radical (unpaired) electrons. The molecule has 5 rings (SSSR count). The van der Waals surface area contributed by atoms with Crippen LogP contribution in [0.3, 0.4) is 0 Å². The van der Waals surface area contributed by atoms with Crippen molar-refractivity contribution in [3.8, 4) is 11.4 Å². The van der Waals surface area contributed by atoms with Gasteiger partial charge in [0.05, 0.1) is 6.04 Å². The molecule has 1 heterocycles. The predicted molar refractivity (Wildman–Crippen MR) is 140 cm³/mol. The van der Waals surface area contributed by atoms with Crippen molar-refractivity contribution in [2.75, 3.05) is 0 Å². The third-order valence-electron chi connectivity index (χ3n) is 7.08. The van der Waals surface area contributed by atoms with E-state index < -0.39 is 5.60 Å². The van der Waals surface area contributed by atoms with E-state index in [2.05, 4.69) is 76.1 Å². The fourth-order valence-electron chi connectivity index (χ4n) is 5.40. The van der Waals surface area contributed by atoms with Gasteiger partial charge in [-0.3, -0.25) is 4.90 Å². The maximum absolute atomic E-state index is 13.6. The average Bonchev–Trinajstić information content (AvgIpc) is 3.56. The summed E-state index contributed by atoms with van der Waals surface area (Å²) in [5.41, 5.74) is 2.79. The number of tetrazole rings is 1. The fourth-order valence-corrected chi connectivity index (χ4v) is 5.40. The third-order valence-corrected chi connectivity index (χ3v) is 7.08. The molecule has 4 aromatic rings. The molecule has 1 unspecified atom stereocenters. The van der Waals surface area contributed by atoms with Gasteiger partial charge >= 0.3 is 6.09 Å². The summed E-state index contributed by atoms with van der Waals surface area (Å²) in [6.07, 6.45) is 2.61. The second-order valence-corrected chi connectivity index (χ2v) is 10.7. The number of H-pyrrole nitrogens is 1. The Balaban J connectivity index is 1.41. The number of carbonyl (C=O) groups excluding carboxylic acids is 1. The first kappa shape index (κ1) is 24.0. The summed E-state index contributed by atoms with van der Waals surface area (Å²) in [5, 5.41) is 16.6. The van der Waals surface area contributed by atoms with E-state index in [0.717, 1.165) is 30.4 Å². The number of benzene rings is 3. The zero-order valence-corrected chi connectivity index (χ0v) is 21.3. The molecule has 186 valence electrons. The number of aromatic amines is 1. The van der Waals surface area contributed by atoms with Gasteiger partial charge in [0.1, 0.15) is 5.60 Å². The molecule has 1 aromatic heterocycles. The summed E-state index contributed by atoms with van der Waals surface area (Å²) >= 11 is 0. The molecular weight excluding hydrogens is 450 g/mol. The summed E-state index contributed by atoms with van der Waals surface area (Å²) in [7, 11) is 0. The Labute approximate surface area is 211 Å². The number of hydrogen-bond acceptors (Lipinski definition) is 5. The molecule has 3 atom stereocenters. The Morgan fingerprint density at radius 3 is 2.50 bits per heavy atom. The van der Waals surface area contributed by atoms with Gasteiger partial charge in [0, 0.05) is 11.6 Å². The van der Waals surface area contributed by atoms with E-state index in [4.69, 9.17) is 4.74 Å². The largest absolute Gasteiger partial charge is 0.444 e. The Kier molecular flexibility index (Phi) is 6.48. The van der Waals surface area contributed by atoms with Gasteiger partial charge in [-0.15, -0.1) is 10.2 Å². The van der Waals surface area contributed by atoms with Crippen molar-refractivity contribution in [2.45, 2.75) is 70.6 Å². The monoisotopic (exact) mass is 483 g/mol. The first-order valence-corrected chi connectivity index (χ1v) is 12.6. The van der Waals surface area contributed by atoms with Gasteiger partial charge < -0.3 is 4.74 Å². The predicted octanol–water partition coefficient (Wildman–Crippen LogP) is 6.65. The first-order chi connectivity index (χ1) is 17.3. The zero-order valence-electron chi connectivity index (χ0n) is 21.3. The van der Waals surface area contributed by atoms with Crippen molar-refractivity contribution in [3.05, 3.63) is 77.9 Å². The lowest BCUT2D eigenvalue weighted by atomic mass is 9.95. The minimum Gasteiger partial charge on any atom is -0.444 e. The molecule has 7 nitrogen and oxygen atoms in total. The lowest BCUT2D eigenvalue weighted by molar-refractivity contribution is 0.00693. The Hall–Kier alpha value is -3.74. The summed E-state index contributed by atoms with van der Waals surface area (Å²) < 4.78 is 5.93. The molecular formula is C29H33N5O2. The first-order valence-electron chi connectivity index (χ1n) is 12.6. The fraction of sp³-hybridized carbons (Fsp3) is 0.379. The van der Waals surface area contributed by atoms with Crippen LogP contribution in [0.1, 0.15) is 70.0 Å². The van der Waals surface area contributed by atoms with Crippen molar-refractivity contribution in [3.63, 3.8) is 0 Å². The number of ether oxygens (including phenoxy) is 1. The highest BCUT2D eigenvalue weighted by molar-refractivity contribution is 5.86. The van der Waals surface area contributed by atoms with Gasteiger partial charge in [-0.25, -0.2) is 4.79 Å². The topological polar surface area (TPSA) is 84.0 Å². The lowest BCUT2D eigenvalue weighted by Gasteiger charge is -2.37. The van der Waals surface area contributed by atoms with E-state index >= 15 is 0 Å². The van der Waals surface area contributed by atoms with Crippen molar-refractivity contribution in [2.24, 2.45) is 0 Å². The Bertz CT molecular complexity index is 1320. The number of nitrogens with one attached hydrogen (secondary N) is 1. The summed E-state index contributed by atoms with van der Waals surface area (Å²) in [4.78, 5) is 15.6. The zero-order chi connectivity index (χ0) is 25.3. The van der Waals surface area contributed by atoms with Crippen LogP contribution in [-0.2, 0) is 4.74 Å². The van der Waals surface area contributed by atoms with Gasteiger partial charge in [0.25, 0.3) is 0 Å². The maximum atomic E-state index is 13.6. The van der Waals surface area contributed by atoms with Crippen LogP contribution in [0, 0.1) is 0 Å². The SMILES string of the molecule is C[C@H](c1cccc2ccccc12)N(C(=O)OC(C)(C)C)C1CC[C@H](c2ccc(-c3nn[nH]n3)cc2)C1. The van der Waals surface area contributed by atoms with Crippen LogP contribution in [0.25, 0.3) is 22.2 Å². The van der Waals surface area contributed by atoms with Crippen LogP contribution < -0.4 is 0 Å². The molecule has 1 aliphatic carbocycles. The highest BCUT2D eigenvalue weighted by Crippen LogP contribution is 2.41. The summed E-state index contributed by atoms with van der Waals surface area (Å²) in [5.74, 6) is 0.963. The molecule has 1 saturated carbocycles. The molecule has 1 amide bonds. The molecule has 3 aromatic carbocycles. The summed E-state index contributed by atoms with van der Waals surface area (Å²) in [6.45, 7) is 7.90. The normalized spacial score (nSPS) is 18.8. The molecule has 0 saturated heterocycles. The minimum atomic E-state index is -0.559. The van der Waals surface area contributed by atoms with Crippen molar-refractivity contribution in [1.29, 1.82) is 0 Å². The molecule has 1 aliphatic rings. The van der Waals surface area contributed by atoms with E-state index in [1.165, 1.54) is 16.3 Å². The van der Waals surface area contributed by atoms with Crippen LogP contribution in [0.5, 0.6) is 0 Å². The smallest absolute Gasteiger partial charge is 0.411 e. The number of nitrogens with zero attached hydrogens (tertiary/aromatic N) is 4. The quantitative estimate of drug-likeness (QED) is 0.343. The molecule has 0 spiro atoms. The Morgan fingerprint density at radius 2 is 1.78 bits per heavy atom. The molecule has 0 bridgehead atoms. The highest BCUT2D eigenvalue weighted by atomic mass is 16.6. The molecule has 0 aliphatic heterocycles. The highest BCUT2D eigenvalue weighted by Gasteiger charge is 2.38. The Morgan fingerprint density at radius 1 is 1.03 bits per heavy atom. The number of hydrogen-bond donors (Lipinski definition) is 1. The molecule has 36 heavy (non-hydrogen) atoms. The number of aromatic nitrogens is 4. The third kappa shape index (κ3) is 4.96. The minimum absolute atomic E-state index is 0.0932. The molecule has 1 fully saturated rings. The van der Waals surface area contributed by atoms with Gasteiger partial charge in [-0.1, -0.05) is 66.7 Å². The van der Waals surface area contributed by atoms with E-state index in [1.54, 1.807) is 0 Å². The van der Waals surface area contributed by atoms with Crippen LogP contribution in [0.15, 0.2) is 66.7 Å². The number of carbonyl (C=O) groups is 1.